The third-order valence-corrected chi connectivity index (χ3v) is 6.91. The van der Waals surface area contributed by atoms with Crippen LogP contribution in [0.2, 0.25) is 0 Å². The highest BCUT2D eigenvalue weighted by molar-refractivity contribution is 6.17. The van der Waals surface area contributed by atoms with Crippen molar-refractivity contribution in [2.24, 2.45) is 0 Å². The van der Waals surface area contributed by atoms with Crippen molar-refractivity contribution in [2.45, 2.75) is 19.4 Å². The molecule has 1 fully saturated rings. The van der Waals surface area contributed by atoms with E-state index in [1.165, 1.54) is 18.9 Å². The number of nitrogens with zero attached hydrogens (tertiary/aromatic N) is 2. The van der Waals surface area contributed by atoms with Gasteiger partial charge in [0.1, 0.15) is 22.8 Å². The van der Waals surface area contributed by atoms with Gasteiger partial charge in [0.15, 0.2) is 5.76 Å². The van der Waals surface area contributed by atoms with Crippen molar-refractivity contribution in [3.05, 3.63) is 83.6 Å². The molecule has 6 heteroatoms. The summed E-state index contributed by atoms with van der Waals surface area (Å²) in [5.41, 5.74) is 4.15. The fraction of sp³-hybridized carbons (Fsp3) is 0.207. The quantitative estimate of drug-likeness (QED) is 0.384. The van der Waals surface area contributed by atoms with Crippen molar-refractivity contribution in [1.82, 2.24) is 9.47 Å². The Morgan fingerprint density at radius 1 is 0.914 bits per heavy atom. The Morgan fingerprint density at radius 3 is 2.46 bits per heavy atom. The number of Topliss-reactive ketones (excluding diaryl/α,β-unsaturated/α-hetero) is 1. The highest BCUT2D eigenvalue weighted by Gasteiger charge is 2.32. The summed E-state index contributed by atoms with van der Waals surface area (Å²) in [6, 6.07) is 20.9. The van der Waals surface area contributed by atoms with Crippen molar-refractivity contribution < 1.29 is 19.7 Å². The molecule has 0 aliphatic carbocycles. The van der Waals surface area contributed by atoms with Crippen LogP contribution in [0, 0.1) is 0 Å². The maximum absolute atomic E-state index is 13.2. The molecule has 6 rings (SSSR count). The summed E-state index contributed by atoms with van der Waals surface area (Å²) in [6.45, 7) is 4.06. The Morgan fingerprint density at radius 2 is 1.66 bits per heavy atom. The molecule has 176 valence electrons. The lowest BCUT2D eigenvalue weighted by Crippen LogP contribution is -2.24. The van der Waals surface area contributed by atoms with E-state index in [0.29, 0.717) is 0 Å². The standard InChI is InChI=1S/C29H26N2O4/c32-20-16-24(33)27-25(17-20)35-26(29(27)34)18-22-21-10-4-5-11-23(21)31(15-14-30-12-6-7-13-30)28(22)19-8-2-1-3-9-19/h1-5,8-11,16-18,32-33H,6-7,12-15H2/b26-18-. The molecule has 3 aromatic carbocycles. The highest BCUT2D eigenvalue weighted by Crippen LogP contribution is 2.42. The Bertz CT molecular complexity index is 1460. The zero-order valence-corrected chi connectivity index (χ0v) is 19.3. The first-order valence-corrected chi connectivity index (χ1v) is 12.0. The van der Waals surface area contributed by atoms with E-state index in [4.69, 9.17) is 4.74 Å². The van der Waals surface area contributed by atoms with Crippen LogP contribution in [0.4, 0.5) is 0 Å². The molecule has 0 saturated carbocycles. The van der Waals surface area contributed by atoms with Crippen molar-refractivity contribution in [3.63, 3.8) is 0 Å². The molecule has 0 atom stereocenters. The second-order valence-corrected chi connectivity index (χ2v) is 9.12. The molecule has 1 saturated heterocycles. The number of ether oxygens (including phenoxy) is 1. The van der Waals surface area contributed by atoms with Gasteiger partial charge in [-0.15, -0.1) is 0 Å². The van der Waals surface area contributed by atoms with Gasteiger partial charge in [0, 0.05) is 41.7 Å². The number of benzene rings is 3. The van der Waals surface area contributed by atoms with Gasteiger partial charge in [-0.1, -0.05) is 48.5 Å². The molecule has 35 heavy (non-hydrogen) atoms. The largest absolute Gasteiger partial charge is 0.508 e. The van der Waals surface area contributed by atoms with Crippen molar-refractivity contribution in [3.8, 4) is 28.5 Å². The molecule has 0 unspecified atom stereocenters. The van der Waals surface area contributed by atoms with Gasteiger partial charge in [0.25, 0.3) is 0 Å². The molecule has 2 aliphatic rings. The third-order valence-electron chi connectivity index (χ3n) is 6.91. The average Bonchev–Trinajstić information content (AvgIpc) is 3.56. The number of aromatic nitrogens is 1. The van der Waals surface area contributed by atoms with Gasteiger partial charge >= 0.3 is 0 Å². The maximum atomic E-state index is 13.2. The number of likely N-dealkylation sites (tertiary alicyclic amines) is 1. The van der Waals surface area contributed by atoms with Gasteiger partial charge in [0.05, 0.1) is 5.69 Å². The molecule has 3 heterocycles. The van der Waals surface area contributed by atoms with E-state index in [1.807, 2.05) is 30.3 Å². The van der Waals surface area contributed by atoms with E-state index in [9.17, 15) is 15.0 Å². The molecule has 0 amide bonds. The van der Waals surface area contributed by atoms with E-state index in [-0.39, 0.29) is 28.6 Å². The number of fused-ring (bicyclic) bond motifs is 2. The number of phenols is 2. The van der Waals surface area contributed by atoms with Gasteiger partial charge in [0.2, 0.25) is 5.78 Å². The van der Waals surface area contributed by atoms with Crippen LogP contribution in [0.25, 0.3) is 28.2 Å². The minimum atomic E-state index is -0.398. The third kappa shape index (κ3) is 3.76. The lowest BCUT2D eigenvalue weighted by Gasteiger charge is -2.18. The number of ketones is 1. The second-order valence-electron chi connectivity index (χ2n) is 9.12. The fourth-order valence-corrected chi connectivity index (χ4v) is 5.27. The number of carbonyl (C=O) groups is 1. The van der Waals surface area contributed by atoms with Crippen LogP contribution in [0.3, 0.4) is 0 Å². The van der Waals surface area contributed by atoms with Crippen molar-refractivity contribution >= 4 is 22.8 Å². The van der Waals surface area contributed by atoms with Crippen LogP contribution in [0.15, 0.2) is 72.5 Å². The lowest BCUT2D eigenvalue weighted by atomic mass is 10.0. The van der Waals surface area contributed by atoms with Crippen LogP contribution in [-0.2, 0) is 6.54 Å². The number of rotatable bonds is 5. The summed E-state index contributed by atoms with van der Waals surface area (Å²) < 4.78 is 8.19. The van der Waals surface area contributed by atoms with Crippen LogP contribution in [-0.4, -0.2) is 45.1 Å². The smallest absolute Gasteiger partial charge is 0.235 e. The minimum Gasteiger partial charge on any atom is -0.508 e. The molecule has 2 N–H and O–H groups in total. The first-order chi connectivity index (χ1) is 17.1. The van der Waals surface area contributed by atoms with Gasteiger partial charge in [-0.3, -0.25) is 4.79 Å². The Labute approximate surface area is 203 Å². The zero-order valence-electron chi connectivity index (χ0n) is 19.3. The Hall–Kier alpha value is -4.03. The molecule has 0 radical (unpaired) electrons. The molecule has 2 aliphatic heterocycles. The van der Waals surface area contributed by atoms with Gasteiger partial charge < -0.3 is 24.4 Å². The molecule has 0 spiro atoms. The monoisotopic (exact) mass is 466 g/mol. The SMILES string of the molecule is O=C1/C(=C/c2c(-c3ccccc3)n(CCN3CCCC3)c3ccccc23)Oc2cc(O)cc(O)c21. The van der Waals surface area contributed by atoms with Crippen LogP contribution >= 0.6 is 0 Å². The highest BCUT2D eigenvalue weighted by atomic mass is 16.5. The van der Waals surface area contributed by atoms with Crippen molar-refractivity contribution in [2.75, 3.05) is 19.6 Å². The van der Waals surface area contributed by atoms with E-state index < -0.39 is 5.78 Å². The maximum Gasteiger partial charge on any atom is 0.235 e. The number of hydrogen-bond acceptors (Lipinski definition) is 5. The predicted octanol–water partition coefficient (Wildman–Crippen LogP) is 5.43. The van der Waals surface area contributed by atoms with E-state index in [2.05, 4.69) is 33.7 Å². The van der Waals surface area contributed by atoms with E-state index in [1.54, 1.807) is 6.08 Å². The first-order valence-electron chi connectivity index (χ1n) is 12.0. The second kappa shape index (κ2) is 8.64. The summed E-state index contributed by atoms with van der Waals surface area (Å²) in [6.07, 6.45) is 4.27. The number of para-hydroxylation sites is 1. The summed E-state index contributed by atoms with van der Waals surface area (Å²) in [5.74, 6) is -0.549. The number of phenolic OH excluding ortho intramolecular Hbond substituents is 2. The van der Waals surface area contributed by atoms with Gasteiger partial charge in [-0.2, -0.15) is 0 Å². The summed E-state index contributed by atoms with van der Waals surface area (Å²) in [5, 5.41) is 21.1. The van der Waals surface area contributed by atoms with E-state index in [0.717, 1.165) is 60.0 Å². The molecule has 0 bridgehead atoms. The normalized spacial score (nSPS) is 16.8. The number of carbonyl (C=O) groups excluding carboxylic acids is 1. The van der Waals surface area contributed by atoms with Crippen LogP contribution in [0.1, 0.15) is 28.8 Å². The summed E-state index contributed by atoms with van der Waals surface area (Å²) in [7, 11) is 0. The predicted molar refractivity (Wildman–Crippen MR) is 136 cm³/mol. The van der Waals surface area contributed by atoms with Gasteiger partial charge in [-0.25, -0.2) is 0 Å². The summed E-state index contributed by atoms with van der Waals surface area (Å²) in [4.78, 5) is 15.7. The van der Waals surface area contributed by atoms with Crippen LogP contribution in [0.5, 0.6) is 17.2 Å². The molecular formula is C29H26N2O4. The lowest BCUT2D eigenvalue weighted by molar-refractivity contribution is 0.101. The molecule has 6 nitrogen and oxygen atoms in total. The first kappa shape index (κ1) is 21.5. The van der Waals surface area contributed by atoms with Gasteiger partial charge in [-0.05, 0) is 43.6 Å². The average molecular weight is 467 g/mol. The summed E-state index contributed by atoms with van der Waals surface area (Å²) >= 11 is 0. The Kier molecular flexibility index (Phi) is 5.30. The number of aromatic hydroxyl groups is 2. The fourth-order valence-electron chi connectivity index (χ4n) is 5.27. The molecular weight excluding hydrogens is 440 g/mol. The Balaban J connectivity index is 1.52. The molecule has 4 aromatic rings. The topological polar surface area (TPSA) is 74.9 Å². The van der Waals surface area contributed by atoms with E-state index >= 15 is 0 Å². The molecule has 1 aromatic heterocycles. The van der Waals surface area contributed by atoms with Crippen molar-refractivity contribution in [1.29, 1.82) is 0 Å². The number of hydrogen-bond donors (Lipinski definition) is 2. The van der Waals surface area contributed by atoms with Crippen LogP contribution < -0.4 is 4.74 Å². The zero-order chi connectivity index (χ0) is 23.9. The minimum absolute atomic E-state index is 0.0769. The number of allylic oxidation sites excluding steroid dienone is 1.